The van der Waals surface area contributed by atoms with E-state index in [1.165, 1.54) is 11.8 Å². The van der Waals surface area contributed by atoms with E-state index in [9.17, 15) is 13.2 Å². The Hall–Kier alpha value is -0.760. The van der Waals surface area contributed by atoms with E-state index in [0.717, 1.165) is 25.9 Å². The third kappa shape index (κ3) is 6.76. The van der Waals surface area contributed by atoms with Gasteiger partial charge in [0.05, 0.1) is 15.9 Å². The quantitative estimate of drug-likeness (QED) is 0.632. The fourth-order valence-electron chi connectivity index (χ4n) is 2.91. The number of halogens is 1. The Morgan fingerprint density at radius 2 is 2.12 bits per heavy atom. The van der Waals surface area contributed by atoms with Crippen LogP contribution in [0.4, 0.5) is 0 Å². The summed E-state index contributed by atoms with van der Waals surface area (Å²) in [5, 5.41) is 6.01. The molecule has 2 unspecified atom stereocenters. The van der Waals surface area contributed by atoms with Crippen molar-refractivity contribution in [3.63, 3.8) is 0 Å². The van der Waals surface area contributed by atoms with Crippen molar-refractivity contribution in [1.29, 1.82) is 0 Å². The van der Waals surface area contributed by atoms with Crippen LogP contribution in [0.2, 0.25) is 0 Å². The van der Waals surface area contributed by atoms with Crippen molar-refractivity contribution in [3.8, 4) is 0 Å². The molecule has 0 aromatic heterocycles. The predicted molar refractivity (Wildman–Crippen MR) is 110 cm³/mol. The average molecular weight is 421 g/mol. The van der Waals surface area contributed by atoms with E-state index in [1.807, 2.05) is 19.9 Å². The Bertz CT molecular complexity index is 677. The first-order valence-corrected chi connectivity index (χ1v) is 11.4. The van der Waals surface area contributed by atoms with Gasteiger partial charge in [-0.25, -0.2) is 8.42 Å². The maximum absolute atomic E-state index is 12.4. The molecule has 1 saturated heterocycles. The lowest BCUT2D eigenvalue weighted by Crippen LogP contribution is -2.40. The molecule has 26 heavy (non-hydrogen) atoms. The first-order chi connectivity index (χ1) is 11.9. The number of nitrogens with one attached hydrogen (secondary N) is 2. The Morgan fingerprint density at radius 1 is 1.38 bits per heavy atom. The molecule has 0 saturated carbocycles. The number of benzene rings is 1. The van der Waals surface area contributed by atoms with Gasteiger partial charge in [-0.1, -0.05) is 19.1 Å². The molecule has 1 amide bonds. The van der Waals surface area contributed by atoms with Crippen molar-refractivity contribution >= 4 is 39.9 Å². The number of rotatable bonds is 8. The Kier molecular flexibility index (Phi) is 10.00. The van der Waals surface area contributed by atoms with Crippen molar-refractivity contribution < 1.29 is 13.2 Å². The van der Waals surface area contributed by atoms with Crippen LogP contribution >= 0.6 is 24.2 Å². The number of sulfone groups is 1. The lowest BCUT2D eigenvalue weighted by Gasteiger charge is -2.23. The second-order valence-corrected chi connectivity index (χ2v) is 9.94. The van der Waals surface area contributed by atoms with Crippen LogP contribution in [0.3, 0.4) is 0 Å². The van der Waals surface area contributed by atoms with Crippen molar-refractivity contribution in [2.45, 2.75) is 48.2 Å². The van der Waals surface area contributed by atoms with Crippen LogP contribution in [0.25, 0.3) is 0 Å². The Balaban J connectivity index is 0.00000338. The second kappa shape index (κ2) is 11.2. The molecule has 148 valence electrons. The number of amides is 1. The van der Waals surface area contributed by atoms with Gasteiger partial charge in [0, 0.05) is 11.4 Å². The Morgan fingerprint density at radius 3 is 2.77 bits per heavy atom. The first kappa shape index (κ1) is 23.3. The minimum atomic E-state index is -3.30. The molecule has 1 aliphatic rings. The van der Waals surface area contributed by atoms with Gasteiger partial charge in [-0.3, -0.25) is 4.79 Å². The number of hydrogen-bond acceptors (Lipinski definition) is 5. The van der Waals surface area contributed by atoms with Crippen LogP contribution in [-0.4, -0.2) is 45.0 Å². The third-order valence-corrected chi connectivity index (χ3v) is 7.57. The van der Waals surface area contributed by atoms with Crippen LogP contribution < -0.4 is 10.6 Å². The zero-order valence-electron chi connectivity index (χ0n) is 15.4. The summed E-state index contributed by atoms with van der Waals surface area (Å²) < 4.78 is 24.8. The fourth-order valence-corrected chi connectivity index (χ4v) is 5.77. The summed E-state index contributed by atoms with van der Waals surface area (Å²) in [5.74, 6) is 0.560. The molecular weight excluding hydrogens is 392 g/mol. The van der Waals surface area contributed by atoms with E-state index in [1.54, 1.807) is 18.2 Å². The molecule has 1 fully saturated rings. The normalized spacial score (nSPS) is 18.6. The maximum atomic E-state index is 12.4. The highest BCUT2D eigenvalue weighted by atomic mass is 35.5. The minimum absolute atomic E-state index is 0. The molecule has 2 atom stereocenters. The number of piperidine rings is 1. The fraction of sp³-hybridized carbons (Fsp3) is 0.611. The van der Waals surface area contributed by atoms with E-state index in [0.29, 0.717) is 28.7 Å². The molecule has 5 nitrogen and oxygen atoms in total. The molecule has 1 aromatic rings. The van der Waals surface area contributed by atoms with Crippen LogP contribution in [-0.2, 0) is 14.6 Å². The van der Waals surface area contributed by atoms with E-state index >= 15 is 0 Å². The van der Waals surface area contributed by atoms with Crippen LogP contribution in [0, 0.1) is 5.92 Å². The minimum Gasteiger partial charge on any atom is -0.355 e. The molecule has 0 radical (unpaired) electrons. The van der Waals surface area contributed by atoms with Crippen molar-refractivity contribution in [2.24, 2.45) is 5.92 Å². The SMILES string of the molecule is CCCS(=O)(=O)c1ccccc1SC(C)C(=O)NCC1CCCNC1.Cl. The highest BCUT2D eigenvalue weighted by molar-refractivity contribution is 8.01. The van der Waals surface area contributed by atoms with Gasteiger partial charge in [0.1, 0.15) is 0 Å². The molecule has 1 heterocycles. The summed E-state index contributed by atoms with van der Waals surface area (Å²) in [6.45, 7) is 6.35. The first-order valence-electron chi connectivity index (χ1n) is 8.91. The van der Waals surface area contributed by atoms with Gasteiger partial charge in [0.25, 0.3) is 0 Å². The van der Waals surface area contributed by atoms with Gasteiger partial charge in [-0.05, 0) is 57.3 Å². The highest BCUT2D eigenvalue weighted by Crippen LogP contribution is 2.30. The molecular formula is C18H29ClN2O3S2. The summed E-state index contributed by atoms with van der Waals surface area (Å²) in [4.78, 5) is 13.4. The van der Waals surface area contributed by atoms with Gasteiger partial charge in [0.15, 0.2) is 9.84 Å². The summed E-state index contributed by atoms with van der Waals surface area (Å²) >= 11 is 1.31. The number of carbonyl (C=O) groups is 1. The van der Waals surface area contributed by atoms with Gasteiger partial charge in [-0.15, -0.1) is 24.2 Å². The monoisotopic (exact) mass is 420 g/mol. The molecule has 8 heteroatoms. The van der Waals surface area contributed by atoms with Crippen LogP contribution in [0.1, 0.15) is 33.1 Å². The highest BCUT2D eigenvalue weighted by Gasteiger charge is 2.22. The molecule has 2 rings (SSSR count). The van der Waals surface area contributed by atoms with E-state index in [4.69, 9.17) is 0 Å². The Labute approximate surface area is 167 Å². The van der Waals surface area contributed by atoms with E-state index in [2.05, 4.69) is 10.6 Å². The summed E-state index contributed by atoms with van der Waals surface area (Å²) in [6.07, 6.45) is 2.85. The molecule has 0 spiro atoms. The summed E-state index contributed by atoms with van der Waals surface area (Å²) in [5.41, 5.74) is 0. The second-order valence-electron chi connectivity index (χ2n) is 6.48. The van der Waals surface area contributed by atoms with Crippen LogP contribution in [0.15, 0.2) is 34.1 Å². The molecule has 1 aliphatic heterocycles. The smallest absolute Gasteiger partial charge is 0.233 e. The maximum Gasteiger partial charge on any atom is 0.233 e. The molecule has 0 bridgehead atoms. The third-order valence-electron chi connectivity index (χ3n) is 4.29. The lowest BCUT2D eigenvalue weighted by molar-refractivity contribution is -0.120. The van der Waals surface area contributed by atoms with Crippen LogP contribution in [0.5, 0.6) is 0 Å². The largest absolute Gasteiger partial charge is 0.355 e. The zero-order chi connectivity index (χ0) is 18.3. The van der Waals surface area contributed by atoms with Gasteiger partial charge in [-0.2, -0.15) is 0 Å². The van der Waals surface area contributed by atoms with Crippen molar-refractivity contribution in [2.75, 3.05) is 25.4 Å². The predicted octanol–water partition coefficient (Wildman–Crippen LogP) is 2.89. The summed E-state index contributed by atoms with van der Waals surface area (Å²) in [7, 11) is -3.30. The van der Waals surface area contributed by atoms with Crippen molar-refractivity contribution in [3.05, 3.63) is 24.3 Å². The molecule has 1 aromatic carbocycles. The lowest BCUT2D eigenvalue weighted by atomic mass is 10.00. The summed E-state index contributed by atoms with van der Waals surface area (Å²) in [6, 6.07) is 6.95. The standard InChI is InChI=1S/C18H28N2O3S2.ClH/c1-3-11-25(22,23)17-9-5-4-8-16(17)24-14(2)18(21)20-13-15-7-6-10-19-12-15;/h4-5,8-9,14-15,19H,3,6-7,10-13H2,1-2H3,(H,20,21);1H. The molecule has 2 N–H and O–H groups in total. The topological polar surface area (TPSA) is 75.3 Å². The average Bonchev–Trinajstić information content (AvgIpc) is 2.60. The van der Waals surface area contributed by atoms with Gasteiger partial charge >= 0.3 is 0 Å². The number of hydrogen-bond donors (Lipinski definition) is 2. The van der Waals surface area contributed by atoms with E-state index < -0.39 is 9.84 Å². The number of thioether (sulfide) groups is 1. The van der Waals surface area contributed by atoms with Gasteiger partial charge in [0.2, 0.25) is 5.91 Å². The number of carbonyl (C=O) groups excluding carboxylic acids is 1. The van der Waals surface area contributed by atoms with E-state index in [-0.39, 0.29) is 29.3 Å². The van der Waals surface area contributed by atoms with Crippen molar-refractivity contribution in [1.82, 2.24) is 10.6 Å². The van der Waals surface area contributed by atoms with Gasteiger partial charge < -0.3 is 10.6 Å². The zero-order valence-corrected chi connectivity index (χ0v) is 17.8. The molecule has 0 aliphatic carbocycles.